The largest absolute Gasteiger partial charge is 0.481 e. The van der Waals surface area contributed by atoms with Crippen LogP contribution in [0.2, 0.25) is 0 Å². The molecule has 0 spiro atoms. The lowest BCUT2D eigenvalue weighted by molar-refractivity contribution is -0.137. The normalized spacial score (nSPS) is 10.4. The van der Waals surface area contributed by atoms with Gasteiger partial charge in [0.25, 0.3) is 0 Å². The molecule has 1 N–H and O–H groups in total. The van der Waals surface area contributed by atoms with Crippen molar-refractivity contribution < 1.29 is 9.90 Å². The molecule has 6 heteroatoms. The van der Waals surface area contributed by atoms with Crippen molar-refractivity contribution in [1.29, 1.82) is 0 Å². The van der Waals surface area contributed by atoms with E-state index in [0.717, 1.165) is 5.69 Å². The molecular weight excluding hydrogens is 220 g/mol. The number of aliphatic carboxylic acids is 1. The first-order valence-corrected chi connectivity index (χ1v) is 5.28. The smallest absolute Gasteiger partial charge is 0.303 e. The highest BCUT2D eigenvalue weighted by atomic mass is 16.4. The number of rotatable bonds is 5. The highest BCUT2D eigenvalue weighted by molar-refractivity contribution is 5.66. The van der Waals surface area contributed by atoms with Gasteiger partial charge in [0.05, 0.1) is 0 Å². The van der Waals surface area contributed by atoms with Crippen molar-refractivity contribution in [3.8, 4) is 11.5 Å². The molecule has 0 aliphatic carbocycles. The third kappa shape index (κ3) is 2.87. The van der Waals surface area contributed by atoms with E-state index in [0.29, 0.717) is 18.8 Å². The Morgan fingerprint density at radius 2 is 2.29 bits per heavy atom. The molecular formula is C11H12N4O2. The van der Waals surface area contributed by atoms with Gasteiger partial charge in [-0.1, -0.05) is 6.07 Å². The SMILES string of the molecule is O=C(O)CCCn1cnnc1-c1ccccn1. The number of carboxylic acids is 1. The van der Waals surface area contributed by atoms with Gasteiger partial charge in [0, 0.05) is 19.2 Å². The molecule has 0 aliphatic heterocycles. The zero-order chi connectivity index (χ0) is 12.1. The van der Waals surface area contributed by atoms with E-state index in [2.05, 4.69) is 15.2 Å². The zero-order valence-corrected chi connectivity index (χ0v) is 9.15. The Balaban J connectivity index is 2.10. The summed E-state index contributed by atoms with van der Waals surface area (Å²) in [6, 6.07) is 5.55. The second-order valence-electron chi connectivity index (χ2n) is 3.56. The van der Waals surface area contributed by atoms with Gasteiger partial charge in [0.1, 0.15) is 12.0 Å². The van der Waals surface area contributed by atoms with Gasteiger partial charge in [-0.2, -0.15) is 0 Å². The fourth-order valence-electron chi connectivity index (χ4n) is 1.51. The summed E-state index contributed by atoms with van der Waals surface area (Å²) in [6.45, 7) is 0.575. The monoisotopic (exact) mass is 232 g/mol. The Hall–Kier alpha value is -2.24. The maximum atomic E-state index is 10.4. The predicted octanol–water partition coefficient (Wildman–Crippen LogP) is 1.20. The van der Waals surface area contributed by atoms with Crippen molar-refractivity contribution in [2.75, 3.05) is 0 Å². The van der Waals surface area contributed by atoms with E-state index in [4.69, 9.17) is 5.11 Å². The van der Waals surface area contributed by atoms with Crippen LogP contribution in [0.15, 0.2) is 30.7 Å². The van der Waals surface area contributed by atoms with E-state index in [1.807, 2.05) is 22.8 Å². The molecule has 0 fully saturated rings. The molecule has 0 aliphatic rings. The topological polar surface area (TPSA) is 80.9 Å². The van der Waals surface area contributed by atoms with Crippen molar-refractivity contribution in [2.45, 2.75) is 19.4 Å². The fraction of sp³-hybridized carbons (Fsp3) is 0.273. The van der Waals surface area contributed by atoms with Crippen molar-refractivity contribution in [1.82, 2.24) is 19.7 Å². The van der Waals surface area contributed by atoms with E-state index >= 15 is 0 Å². The minimum Gasteiger partial charge on any atom is -0.481 e. The van der Waals surface area contributed by atoms with Gasteiger partial charge in [-0.25, -0.2) is 0 Å². The van der Waals surface area contributed by atoms with Crippen LogP contribution in [0.4, 0.5) is 0 Å². The minimum atomic E-state index is -0.794. The molecule has 0 saturated heterocycles. The van der Waals surface area contributed by atoms with Crippen molar-refractivity contribution in [2.24, 2.45) is 0 Å². The first kappa shape index (κ1) is 11.3. The number of hydrogen-bond acceptors (Lipinski definition) is 4. The average molecular weight is 232 g/mol. The maximum absolute atomic E-state index is 10.4. The van der Waals surface area contributed by atoms with Crippen LogP contribution in [-0.2, 0) is 11.3 Å². The number of carboxylic acid groups (broad SMARTS) is 1. The van der Waals surface area contributed by atoms with Crippen molar-refractivity contribution in [3.05, 3.63) is 30.7 Å². The van der Waals surface area contributed by atoms with Crippen LogP contribution in [0, 0.1) is 0 Å². The van der Waals surface area contributed by atoms with E-state index in [1.54, 1.807) is 12.5 Å². The predicted molar refractivity (Wildman–Crippen MR) is 60.1 cm³/mol. The molecule has 0 radical (unpaired) electrons. The molecule has 6 nitrogen and oxygen atoms in total. The molecule has 0 saturated carbocycles. The highest BCUT2D eigenvalue weighted by Crippen LogP contribution is 2.13. The highest BCUT2D eigenvalue weighted by Gasteiger charge is 2.08. The van der Waals surface area contributed by atoms with Crippen LogP contribution in [0.25, 0.3) is 11.5 Å². The second kappa shape index (κ2) is 5.20. The van der Waals surface area contributed by atoms with Crippen molar-refractivity contribution >= 4 is 5.97 Å². The van der Waals surface area contributed by atoms with Crippen molar-refractivity contribution in [3.63, 3.8) is 0 Å². The molecule has 17 heavy (non-hydrogen) atoms. The Morgan fingerprint density at radius 3 is 3.00 bits per heavy atom. The lowest BCUT2D eigenvalue weighted by Gasteiger charge is -2.04. The standard InChI is InChI=1S/C11H12N4O2/c16-10(17)5-3-7-15-8-13-14-11(15)9-4-1-2-6-12-9/h1-2,4,6,8H,3,5,7H2,(H,16,17). The number of aromatic nitrogens is 4. The van der Waals surface area contributed by atoms with Gasteiger partial charge in [0.15, 0.2) is 5.82 Å². The molecule has 0 atom stereocenters. The van der Waals surface area contributed by atoms with Crippen LogP contribution in [0.3, 0.4) is 0 Å². The quantitative estimate of drug-likeness (QED) is 0.837. The molecule has 2 aromatic rings. The summed E-state index contributed by atoms with van der Waals surface area (Å²) < 4.78 is 1.81. The minimum absolute atomic E-state index is 0.139. The fourth-order valence-corrected chi connectivity index (χ4v) is 1.51. The number of pyridine rings is 1. The Morgan fingerprint density at radius 1 is 1.41 bits per heavy atom. The van der Waals surface area contributed by atoms with E-state index in [9.17, 15) is 4.79 Å². The lowest BCUT2D eigenvalue weighted by Crippen LogP contribution is -2.03. The zero-order valence-electron chi connectivity index (χ0n) is 9.15. The Labute approximate surface area is 98.0 Å². The Bertz CT molecular complexity index is 495. The summed E-state index contributed by atoms with van der Waals surface area (Å²) in [4.78, 5) is 14.6. The van der Waals surface area contributed by atoms with Crippen LogP contribution >= 0.6 is 0 Å². The number of nitrogens with zero attached hydrogens (tertiary/aromatic N) is 4. The van der Waals surface area contributed by atoms with Gasteiger partial charge in [-0.15, -0.1) is 10.2 Å². The van der Waals surface area contributed by atoms with E-state index in [-0.39, 0.29) is 6.42 Å². The summed E-state index contributed by atoms with van der Waals surface area (Å²) in [6.07, 6.45) is 3.96. The van der Waals surface area contributed by atoms with Gasteiger partial charge in [-0.3, -0.25) is 9.78 Å². The molecule has 0 bridgehead atoms. The Kier molecular flexibility index (Phi) is 3.44. The summed E-state index contributed by atoms with van der Waals surface area (Å²) in [5.41, 5.74) is 0.736. The van der Waals surface area contributed by atoms with Crippen LogP contribution in [0.1, 0.15) is 12.8 Å². The third-order valence-electron chi connectivity index (χ3n) is 2.30. The second-order valence-corrected chi connectivity index (χ2v) is 3.56. The average Bonchev–Trinajstić information content (AvgIpc) is 2.78. The lowest BCUT2D eigenvalue weighted by atomic mass is 10.3. The molecule has 2 aromatic heterocycles. The van der Waals surface area contributed by atoms with E-state index < -0.39 is 5.97 Å². The number of carbonyl (C=O) groups is 1. The molecule has 0 aromatic carbocycles. The van der Waals surface area contributed by atoms with Crippen LogP contribution in [0.5, 0.6) is 0 Å². The first-order chi connectivity index (χ1) is 8.27. The molecule has 88 valence electrons. The molecule has 0 amide bonds. The molecule has 2 heterocycles. The van der Waals surface area contributed by atoms with Gasteiger partial charge >= 0.3 is 5.97 Å². The first-order valence-electron chi connectivity index (χ1n) is 5.28. The number of hydrogen-bond donors (Lipinski definition) is 1. The van der Waals surface area contributed by atoms with Gasteiger partial charge in [0.2, 0.25) is 0 Å². The van der Waals surface area contributed by atoms with Crippen LogP contribution in [-0.4, -0.2) is 30.8 Å². The van der Waals surface area contributed by atoms with Gasteiger partial charge < -0.3 is 9.67 Å². The number of aryl methyl sites for hydroxylation is 1. The summed E-state index contributed by atoms with van der Waals surface area (Å²) >= 11 is 0. The summed E-state index contributed by atoms with van der Waals surface area (Å²) in [7, 11) is 0. The molecule has 2 rings (SSSR count). The third-order valence-corrected chi connectivity index (χ3v) is 2.30. The summed E-state index contributed by atoms with van der Waals surface area (Å²) in [5.74, 6) is -0.131. The maximum Gasteiger partial charge on any atom is 0.303 e. The van der Waals surface area contributed by atoms with Gasteiger partial charge in [-0.05, 0) is 18.6 Å². The van der Waals surface area contributed by atoms with Crippen LogP contribution < -0.4 is 0 Å². The van der Waals surface area contributed by atoms with E-state index in [1.165, 1.54) is 0 Å². The summed E-state index contributed by atoms with van der Waals surface area (Å²) in [5, 5.41) is 16.4. The molecule has 0 unspecified atom stereocenters.